The van der Waals surface area contributed by atoms with Gasteiger partial charge in [-0.3, -0.25) is 0 Å². The van der Waals surface area contributed by atoms with E-state index in [4.69, 9.17) is 17.0 Å². The van der Waals surface area contributed by atoms with Gasteiger partial charge < -0.3 is 4.74 Å². The lowest BCUT2D eigenvalue weighted by Crippen LogP contribution is -1.95. The minimum Gasteiger partial charge on any atom is -0.497 e. The molecule has 1 heterocycles. The van der Waals surface area contributed by atoms with Gasteiger partial charge in [0.15, 0.2) is 5.82 Å². The van der Waals surface area contributed by atoms with E-state index in [1.165, 1.54) is 5.56 Å². The van der Waals surface area contributed by atoms with E-state index >= 15 is 0 Å². The van der Waals surface area contributed by atoms with Crippen LogP contribution < -0.4 is 4.74 Å². The van der Waals surface area contributed by atoms with Crippen molar-refractivity contribution in [3.63, 3.8) is 0 Å². The van der Waals surface area contributed by atoms with Crippen molar-refractivity contribution < 1.29 is 4.74 Å². The van der Waals surface area contributed by atoms with Crippen LogP contribution in [0.15, 0.2) is 53.6 Å². The van der Waals surface area contributed by atoms with Gasteiger partial charge in [-0.15, -0.1) is 0 Å². The first-order valence-electron chi connectivity index (χ1n) is 7.10. The Morgan fingerprint density at radius 3 is 2.83 bits per heavy atom. The maximum absolute atomic E-state index is 5.28. The molecular weight excluding hydrogens is 308 g/mol. The van der Waals surface area contributed by atoms with Crippen LogP contribution in [0.25, 0.3) is 11.4 Å². The van der Waals surface area contributed by atoms with Crippen molar-refractivity contribution in [2.24, 2.45) is 5.10 Å². The normalized spacial score (nSPS) is 11.0. The lowest BCUT2D eigenvalue weighted by molar-refractivity contribution is 0.415. The molecule has 0 atom stereocenters. The van der Waals surface area contributed by atoms with E-state index < -0.39 is 0 Å². The molecule has 116 valence electrons. The molecule has 3 rings (SSSR count). The highest BCUT2D eigenvalue weighted by molar-refractivity contribution is 7.71. The van der Waals surface area contributed by atoms with Gasteiger partial charge in [0, 0.05) is 5.56 Å². The molecule has 5 nitrogen and oxygen atoms in total. The number of nitrogens with one attached hydrogen (secondary N) is 1. The second kappa shape index (κ2) is 6.58. The minimum atomic E-state index is 0.437. The van der Waals surface area contributed by atoms with E-state index in [9.17, 15) is 0 Å². The molecule has 0 spiro atoms. The van der Waals surface area contributed by atoms with E-state index in [0.717, 1.165) is 16.9 Å². The molecule has 3 aromatic rings. The summed E-state index contributed by atoms with van der Waals surface area (Å²) in [6.45, 7) is 2.04. The SMILES string of the molecule is COc1cccc(-c2n[nH]c(=S)n2/N=C\c2cccc(C)c2)c1. The quantitative estimate of drug-likeness (QED) is 0.586. The Bertz CT molecular complexity index is 911. The fraction of sp³-hybridized carbons (Fsp3) is 0.118. The third-order valence-corrected chi connectivity index (χ3v) is 3.61. The van der Waals surface area contributed by atoms with Gasteiger partial charge in [-0.05, 0) is 36.8 Å². The van der Waals surface area contributed by atoms with E-state index in [1.807, 2.05) is 49.4 Å². The molecule has 1 N–H and O–H groups in total. The first-order valence-corrected chi connectivity index (χ1v) is 7.51. The molecule has 6 heteroatoms. The molecule has 2 aromatic carbocycles. The zero-order valence-electron chi connectivity index (χ0n) is 12.9. The van der Waals surface area contributed by atoms with Crippen LogP contribution in [-0.4, -0.2) is 28.2 Å². The monoisotopic (exact) mass is 324 g/mol. The van der Waals surface area contributed by atoms with Crippen LogP contribution in [0.5, 0.6) is 5.75 Å². The molecule has 0 radical (unpaired) electrons. The molecule has 0 unspecified atom stereocenters. The van der Waals surface area contributed by atoms with Gasteiger partial charge >= 0.3 is 0 Å². The van der Waals surface area contributed by atoms with Gasteiger partial charge in [-0.1, -0.05) is 42.0 Å². The van der Waals surface area contributed by atoms with Gasteiger partial charge in [0.25, 0.3) is 0 Å². The zero-order valence-corrected chi connectivity index (χ0v) is 13.7. The smallest absolute Gasteiger partial charge is 0.216 e. The van der Waals surface area contributed by atoms with Crippen LogP contribution in [-0.2, 0) is 0 Å². The Labute approximate surface area is 139 Å². The van der Waals surface area contributed by atoms with E-state index in [-0.39, 0.29) is 0 Å². The summed E-state index contributed by atoms with van der Waals surface area (Å²) in [6.07, 6.45) is 1.77. The Kier molecular flexibility index (Phi) is 4.34. The van der Waals surface area contributed by atoms with Crippen molar-refractivity contribution in [2.45, 2.75) is 6.92 Å². The van der Waals surface area contributed by atoms with Gasteiger partial charge in [0.2, 0.25) is 4.77 Å². The fourth-order valence-corrected chi connectivity index (χ4v) is 2.40. The molecule has 0 aliphatic heterocycles. The van der Waals surface area contributed by atoms with Crippen LogP contribution in [0.1, 0.15) is 11.1 Å². The number of benzene rings is 2. The zero-order chi connectivity index (χ0) is 16.2. The summed E-state index contributed by atoms with van der Waals surface area (Å²) in [4.78, 5) is 0. The van der Waals surface area contributed by atoms with E-state index in [2.05, 4.69) is 21.4 Å². The van der Waals surface area contributed by atoms with Crippen molar-refractivity contribution in [3.05, 3.63) is 64.4 Å². The molecule has 0 aliphatic carbocycles. The second-order valence-electron chi connectivity index (χ2n) is 5.05. The lowest BCUT2D eigenvalue weighted by Gasteiger charge is -2.04. The van der Waals surface area contributed by atoms with Crippen molar-refractivity contribution >= 4 is 18.4 Å². The Hall–Kier alpha value is -2.73. The van der Waals surface area contributed by atoms with E-state index in [1.54, 1.807) is 18.0 Å². The minimum absolute atomic E-state index is 0.437. The number of rotatable bonds is 4. The first-order chi connectivity index (χ1) is 11.2. The number of hydrogen-bond donors (Lipinski definition) is 1. The molecule has 0 fully saturated rings. The van der Waals surface area contributed by atoms with Gasteiger partial charge in [0.1, 0.15) is 5.75 Å². The van der Waals surface area contributed by atoms with Crippen LogP contribution in [0.3, 0.4) is 0 Å². The maximum atomic E-state index is 5.28. The number of nitrogens with zero attached hydrogens (tertiary/aromatic N) is 3. The van der Waals surface area contributed by atoms with Crippen LogP contribution in [0.2, 0.25) is 0 Å². The van der Waals surface area contributed by atoms with Crippen LogP contribution in [0, 0.1) is 11.7 Å². The van der Waals surface area contributed by atoms with Gasteiger partial charge in [-0.25, -0.2) is 5.10 Å². The molecule has 0 amide bonds. The molecular formula is C17H16N4OS. The highest BCUT2D eigenvalue weighted by Gasteiger charge is 2.08. The molecule has 0 aliphatic rings. The van der Waals surface area contributed by atoms with Crippen molar-refractivity contribution in [1.29, 1.82) is 0 Å². The van der Waals surface area contributed by atoms with Crippen LogP contribution >= 0.6 is 12.2 Å². The first kappa shape index (κ1) is 15.2. The Balaban J connectivity index is 2.00. The Morgan fingerprint density at radius 2 is 2.04 bits per heavy atom. The topological polar surface area (TPSA) is 55.2 Å². The fourth-order valence-electron chi connectivity index (χ4n) is 2.22. The van der Waals surface area contributed by atoms with Crippen molar-refractivity contribution in [3.8, 4) is 17.1 Å². The number of methoxy groups -OCH3 is 1. The van der Waals surface area contributed by atoms with Crippen LogP contribution in [0.4, 0.5) is 0 Å². The van der Waals surface area contributed by atoms with Crippen molar-refractivity contribution in [2.75, 3.05) is 7.11 Å². The summed E-state index contributed by atoms with van der Waals surface area (Å²) >= 11 is 5.28. The van der Waals surface area contributed by atoms with Gasteiger partial charge in [0.05, 0.1) is 13.3 Å². The highest BCUT2D eigenvalue weighted by atomic mass is 32.1. The average molecular weight is 324 g/mol. The predicted molar refractivity (Wildman–Crippen MR) is 93.6 cm³/mol. The summed E-state index contributed by atoms with van der Waals surface area (Å²) in [5.74, 6) is 1.39. The number of aromatic amines is 1. The average Bonchev–Trinajstić information content (AvgIpc) is 2.94. The molecule has 0 saturated heterocycles. The maximum Gasteiger partial charge on any atom is 0.216 e. The summed E-state index contributed by atoms with van der Waals surface area (Å²) in [7, 11) is 1.63. The van der Waals surface area contributed by atoms with Gasteiger partial charge in [-0.2, -0.15) is 14.9 Å². The molecule has 0 bridgehead atoms. The number of ether oxygens (including phenoxy) is 1. The summed E-state index contributed by atoms with van der Waals surface area (Å²) in [5.41, 5.74) is 3.06. The molecule has 0 saturated carbocycles. The second-order valence-corrected chi connectivity index (χ2v) is 5.44. The summed E-state index contributed by atoms with van der Waals surface area (Å²) in [6, 6.07) is 15.7. The standard InChI is InChI=1S/C17H16N4OS/c1-12-5-3-6-13(9-12)11-18-21-16(19-20-17(21)23)14-7-4-8-15(10-14)22-2/h3-11H,1-2H3,(H,20,23)/b18-11-. The molecule has 1 aromatic heterocycles. The summed E-state index contributed by atoms with van der Waals surface area (Å²) in [5, 5.41) is 11.5. The largest absolute Gasteiger partial charge is 0.497 e. The number of aromatic nitrogens is 3. The molecule has 23 heavy (non-hydrogen) atoms. The number of H-pyrrole nitrogens is 1. The third kappa shape index (κ3) is 3.37. The Morgan fingerprint density at radius 1 is 1.22 bits per heavy atom. The predicted octanol–water partition coefficient (Wildman–Crippen LogP) is 3.81. The van der Waals surface area contributed by atoms with Crippen molar-refractivity contribution in [1.82, 2.24) is 14.9 Å². The summed E-state index contributed by atoms with van der Waals surface area (Å²) < 4.78 is 7.29. The third-order valence-electron chi connectivity index (χ3n) is 3.34. The highest BCUT2D eigenvalue weighted by Crippen LogP contribution is 2.22. The number of hydrogen-bond acceptors (Lipinski definition) is 4. The number of aryl methyl sites for hydroxylation is 1. The lowest BCUT2D eigenvalue weighted by atomic mass is 10.2. The van der Waals surface area contributed by atoms with E-state index in [0.29, 0.717) is 10.6 Å².